The number of esters is 2. The highest BCUT2D eigenvalue weighted by molar-refractivity contribution is 6.08. The average Bonchev–Trinajstić information content (AvgIpc) is 2.57. The number of anilines is 2. The minimum absolute atomic E-state index is 0.309. The lowest BCUT2D eigenvalue weighted by atomic mass is 9.98. The molecule has 0 aliphatic heterocycles. The van der Waals surface area contributed by atoms with E-state index in [0.29, 0.717) is 22.5 Å². The van der Waals surface area contributed by atoms with Crippen molar-refractivity contribution in [3.63, 3.8) is 0 Å². The van der Waals surface area contributed by atoms with Crippen LogP contribution in [0.4, 0.5) is 11.4 Å². The molecule has 6 heteroatoms. The Hall–Kier alpha value is -3.28. The summed E-state index contributed by atoms with van der Waals surface area (Å²) in [6.45, 7) is 0. The van der Waals surface area contributed by atoms with Gasteiger partial charge in [-0.3, -0.25) is 0 Å². The molecule has 0 radical (unpaired) electrons. The van der Waals surface area contributed by atoms with Gasteiger partial charge in [-0.1, -0.05) is 0 Å². The number of hydrogen-bond donors (Lipinski definition) is 2. The van der Waals surface area contributed by atoms with Gasteiger partial charge in [-0.15, -0.1) is 0 Å². The summed E-state index contributed by atoms with van der Waals surface area (Å²) < 4.78 is 9.47. The molecule has 3 rings (SSSR count). The molecular formula is C18H16N2O4. The van der Waals surface area contributed by atoms with Crippen LogP contribution in [0.5, 0.6) is 0 Å². The minimum Gasteiger partial charge on any atom is -0.465 e. The molecule has 0 aliphatic rings. The van der Waals surface area contributed by atoms with Crippen LogP contribution in [-0.4, -0.2) is 26.2 Å². The smallest absolute Gasteiger partial charge is 0.339 e. The van der Waals surface area contributed by atoms with Crippen molar-refractivity contribution in [3.8, 4) is 0 Å². The molecule has 3 aromatic rings. The van der Waals surface area contributed by atoms with E-state index in [9.17, 15) is 9.59 Å². The van der Waals surface area contributed by atoms with Gasteiger partial charge in [0.2, 0.25) is 0 Å². The maximum atomic E-state index is 11.8. The molecule has 3 aromatic carbocycles. The Kier molecular flexibility index (Phi) is 3.73. The molecular weight excluding hydrogens is 308 g/mol. The predicted octanol–water partition coefficient (Wildman–Crippen LogP) is 2.73. The number of carbonyl (C=O) groups is 2. The second kappa shape index (κ2) is 5.73. The summed E-state index contributed by atoms with van der Waals surface area (Å²) in [7, 11) is 2.61. The highest BCUT2D eigenvalue weighted by Crippen LogP contribution is 2.30. The SMILES string of the molecule is COC(=O)c1cc2cc3cc(N)c(C(=O)OC)cc3cc2cc1N. The van der Waals surface area contributed by atoms with Crippen LogP contribution in [0.3, 0.4) is 0 Å². The molecule has 6 nitrogen and oxygen atoms in total. The van der Waals surface area contributed by atoms with Gasteiger partial charge < -0.3 is 20.9 Å². The number of rotatable bonds is 2. The fourth-order valence-electron chi connectivity index (χ4n) is 2.71. The number of fused-ring (bicyclic) bond motifs is 2. The number of ether oxygens (including phenoxy) is 2. The van der Waals surface area contributed by atoms with E-state index in [1.807, 2.05) is 12.1 Å². The lowest BCUT2D eigenvalue weighted by molar-refractivity contribution is 0.0593. The van der Waals surface area contributed by atoms with Crippen LogP contribution in [0.2, 0.25) is 0 Å². The topological polar surface area (TPSA) is 105 Å². The molecule has 0 saturated heterocycles. The van der Waals surface area contributed by atoms with Crippen LogP contribution in [0.15, 0.2) is 36.4 Å². The van der Waals surface area contributed by atoms with Gasteiger partial charge in [-0.2, -0.15) is 0 Å². The van der Waals surface area contributed by atoms with E-state index in [1.165, 1.54) is 14.2 Å². The van der Waals surface area contributed by atoms with Crippen molar-refractivity contribution in [2.45, 2.75) is 0 Å². The fourth-order valence-corrected chi connectivity index (χ4v) is 2.71. The van der Waals surface area contributed by atoms with Crippen LogP contribution in [0.1, 0.15) is 20.7 Å². The molecule has 0 aliphatic carbocycles. The van der Waals surface area contributed by atoms with E-state index in [-0.39, 0.29) is 0 Å². The van der Waals surface area contributed by atoms with Gasteiger partial charge in [0, 0.05) is 11.4 Å². The molecule has 0 bridgehead atoms. The van der Waals surface area contributed by atoms with Crippen LogP contribution < -0.4 is 11.5 Å². The third-order valence-corrected chi connectivity index (χ3v) is 3.94. The van der Waals surface area contributed by atoms with Crippen molar-refractivity contribution < 1.29 is 19.1 Å². The van der Waals surface area contributed by atoms with Gasteiger partial charge in [-0.05, 0) is 57.9 Å². The molecule has 24 heavy (non-hydrogen) atoms. The Morgan fingerprint density at radius 2 is 1.00 bits per heavy atom. The first kappa shape index (κ1) is 15.6. The van der Waals surface area contributed by atoms with Gasteiger partial charge in [0.1, 0.15) is 0 Å². The molecule has 122 valence electrons. The standard InChI is InChI=1S/C18H16N2O4/c1-23-17(21)13-5-9-3-12-8-16(20)14(18(22)24-2)6-10(12)4-11(9)7-15(13)19/h3-8H,19-20H2,1-2H3. The molecule has 0 saturated carbocycles. The molecule has 0 atom stereocenters. The zero-order valence-electron chi connectivity index (χ0n) is 13.3. The van der Waals surface area contributed by atoms with Gasteiger partial charge >= 0.3 is 11.9 Å². The summed E-state index contributed by atoms with van der Waals surface area (Å²) in [5.41, 5.74) is 13.2. The summed E-state index contributed by atoms with van der Waals surface area (Å²) in [4.78, 5) is 23.5. The number of methoxy groups -OCH3 is 2. The Morgan fingerprint density at radius 1 is 0.667 bits per heavy atom. The minimum atomic E-state index is -0.491. The monoisotopic (exact) mass is 324 g/mol. The highest BCUT2D eigenvalue weighted by atomic mass is 16.5. The Labute approximate surface area is 137 Å². The van der Waals surface area contributed by atoms with Crippen molar-refractivity contribution in [1.29, 1.82) is 0 Å². The molecule has 0 fully saturated rings. The molecule has 0 amide bonds. The predicted molar refractivity (Wildman–Crippen MR) is 93.0 cm³/mol. The Balaban J connectivity index is 2.27. The number of carbonyl (C=O) groups excluding carboxylic acids is 2. The van der Waals surface area contributed by atoms with Crippen molar-refractivity contribution >= 4 is 44.9 Å². The number of nitrogen functional groups attached to an aromatic ring is 2. The summed E-state index contributed by atoms with van der Waals surface area (Å²) >= 11 is 0. The van der Waals surface area contributed by atoms with Gasteiger partial charge in [-0.25, -0.2) is 9.59 Å². The molecule has 0 aromatic heterocycles. The summed E-state index contributed by atoms with van der Waals surface area (Å²) in [6.07, 6.45) is 0. The highest BCUT2D eigenvalue weighted by Gasteiger charge is 2.14. The van der Waals surface area contributed by atoms with E-state index in [2.05, 4.69) is 0 Å². The molecule has 4 N–H and O–H groups in total. The summed E-state index contributed by atoms with van der Waals surface area (Å²) in [5, 5.41) is 3.33. The number of nitrogens with two attached hydrogens (primary N) is 2. The zero-order chi connectivity index (χ0) is 17.4. The number of hydrogen-bond acceptors (Lipinski definition) is 6. The molecule has 0 heterocycles. The van der Waals surface area contributed by atoms with Crippen molar-refractivity contribution in [2.75, 3.05) is 25.7 Å². The van der Waals surface area contributed by atoms with Crippen LogP contribution in [0, 0.1) is 0 Å². The van der Waals surface area contributed by atoms with E-state index < -0.39 is 11.9 Å². The normalized spacial score (nSPS) is 10.8. The second-order valence-corrected chi connectivity index (χ2v) is 5.41. The van der Waals surface area contributed by atoms with E-state index in [0.717, 1.165) is 21.5 Å². The Morgan fingerprint density at radius 3 is 1.33 bits per heavy atom. The van der Waals surface area contributed by atoms with E-state index >= 15 is 0 Å². The van der Waals surface area contributed by atoms with Gasteiger partial charge in [0.15, 0.2) is 0 Å². The molecule has 0 unspecified atom stereocenters. The van der Waals surface area contributed by atoms with Crippen molar-refractivity contribution in [3.05, 3.63) is 47.5 Å². The van der Waals surface area contributed by atoms with Crippen molar-refractivity contribution in [2.24, 2.45) is 0 Å². The quantitative estimate of drug-likeness (QED) is 0.426. The maximum Gasteiger partial charge on any atom is 0.339 e. The second-order valence-electron chi connectivity index (χ2n) is 5.41. The summed E-state index contributed by atoms with van der Waals surface area (Å²) in [5.74, 6) is -0.981. The zero-order valence-corrected chi connectivity index (χ0v) is 13.3. The lowest BCUT2D eigenvalue weighted by Gasteiger charge is -2.10. The van der Waals surface area contributed by atoms with Crippen LogP contribution >= 0.6 is 0 Å². The third-order valence-electron chi connectivity index (χ3n) is 3.94. The fraction of sp³-hybridized carbons (Fsp3) is 0.111. The van der Waals surface area contributed by atoms with Crippen LogP contribution in [0.25, 0.3) is 21.5 Å². The number of benzene rings is 3. The molecule has 0 spiro atoms. The third kappa shape index (κ3) is 2.48. The van der Waals surface area contributed by atoms with Crippen molar-refractivity contribution in [1.82, 2.24) is 0 Å². The first-order chi connectivity index (χ1) is 11.4. The average molecular weight is 324 g/mol. The first-order valence-electron chi connectivity index (χ1n) is 7.17. The van der Waals surface area contributed by atoms with E-state index in [1.54, 1.807) is 24.3 Å². The largest absolute Gasteiger partial charge is 0.465 e. The summed E-state index contributed by atoms with van der Waals surface area (Å²) in [6, 6.07) is 10.5. The first-order valence-corrected chi connectivity index (χ1v) is 7.17. The lowest BCUT2D eigenvalue weighted by Crippen LogP contribution is -2.06. The van der Waals surface area contributed by atoms with Gasteiger partial charge in [0.25, 0.3) is 0 Å². The van der Waals surface area contributed by atoms with E-state index in [4.69, 9.17) is 20.9 Å². The van der Waals surface area contributed by atoms with Crippen LogP contribution in [-0.2, 0) is 9.47 Å². The maximum absolute atomic E-state index is 11.8. The van der Waals surface area contributed by atoms with Gasteiger partial charge in [0.05, 0.1) is 25.3 Å². The Bertz CT molecular complexity index is 914.